The molecule has 1 saturated heterocycles. The van der Waals surface area contributed by atoms with E-state index in [9.17, 15) is 4.79 Å². The van der Waals surface area contributed by atoms with Gasteiger partial charge < -0.3 is 20.1 Å². The summed E-state index contributed by atoms with van der Waals surface area (Å²) in [6.45, 7) is 3.17. The van der Waals surface area contributed by atoms with Crippen molar-refractivity contribution < 1.29 is 14.3 Å². The Bertz CT molecular complexity index is 475. The van der Waals surface area contributed by atoms with E-state index in [1.54, 1.807) is 0 Å². The van der Waals surface area contributed by atoms with E-state index in [-0.39, 0.29) is 0 Å². The van der Waals surface area contributed by atoms with Gasteiger partial charge in [0, 0.05) is 23.8 Å². The molecule has 0 bridgehead atoms. The second-order valence-electron chi connectivity index (χ2n) is 4.71. The smallest absolute Gasteiger partial charge is 0.322 e. The van der Waals surface area contributed by atoms with Crippen LogP contribution in [0.3, 0.4) is 0 Å². The van der Waals surface area contributed by atoms with Gasteiger partial charge in [-0.15, -0.1) is 0 Å². The Hall–Kier alpha value is -1.30. The first-order valence-corrected chi connectivity index (χ1v) is 6.94. The summed E-state index contributed by atoms with van der Waals surface area (Å²) in [4.78, 5) is 13.6. The lowest BCUT2D eigenvalue weighted by Gasteiger charge is -2.29. The molecule has 1 aliphatic rings. The monoisotopic (exact) mass is 298 g/mol. The highest BCUT2D eigenvalue weighted by atomic mass is 35.5. The number of hydrogen-bond donors (Lipinski definition) is 1. The number of anilines is 1. The lowest BCUT2D eigenvalue weighted by molar-refractivity contribution is -0.142. The number of esters is 1. The van der Waals surface area contributed by atoms with Crippen molar-refractivity contribution >= 4 is 23.3 Å². The predicted molar refractivity (Wildman–Crippen MR) is 78.2 cm³/mol. The molecule has 1 aromatic rings. The van der Waals surface area contributed by atoms with Gasteiger partial charge in [0.2, 0.25) is 0 Å². The average molecular weight is 299 g/mol. The van der Waals surface area contributed by atoms with Gasteiger partial charge >= 0.3 is 5.97 Å². The van der Waals surface area contributed by atoms with Crippen molar-refractivity contribution in [2.75, 3.05) is 38.3 Å². The van der Waals surface area contributed by atoms with Gasteiger partial charge in [0.1, 0.15) is 6.04 Å². The van der Waals surface area contributed by atoms with E-state index >= 15 is 0 Å². The van der Waals surface area contributed by atoms with Crippen LogP contribution in [-0.2, 0) is 20.7 Å². The molecule has 20 heavy (non-hydrogen) atoms. The highest BCUT2D eigenvalue weighted by Gasteiger charge is 2.17. The first kappa shape index (κ1) is 15.1. The van der Waals surface area contributed by atoms with Gasteiger partial charge in [0.05, 0.1) is 20.3 Å². The second kappa shape index (κ2) is 6.92. The minimum Gasteiger partial charge on any atom is -0.468 e. The number of ether oxygens (including phenoxy) is 2. The number of rotatable bonds is 4. The van der Waals surface area contributed by atoms with Crippen LogP contribution in [0.25, 0.3) is 0 Å². The molecule has 1 unspecified atom stereocenters. The van der Waals surface area contributed by atoms with Crippen molar-refractivity contribution in [3.8, 4) is 0 Å². The van der Waals surface area contributed by atoms with Crippen LogP contribution in [0.5, 0.6) is 0 Å². The number of halogens is 1. The van der Waals surface area contributed by atoms with Crippen molar-refractivity contribution in [3.63, 3.8) is 0 Å². The van der Waals surface area contributed by atoms with Crippen LogP contribution in [0.1, 0.15) is 5.56 Å². The Morgan fingerprint density at radius 3 is 2.80 bits per heavy atom. The minimum absolute atomic E-state index is 0.370. The molecule has 0 aliphatic carbocycles. The minimum atomic E-state index is -0.688. The third-order valence-electron chi connectivity index (χ3n) is 3.36. The zero-order valence-corrected chi connectivity index (χ0v) is 12.2. The zero-order chi connectivity index (χ0) is 14.5. The van der Waals surface area contributed by atoms with Crippen LogP contribution in [0.4, 0.5) is 5.69 Å². The van der Waals surface area contributed by atoms with E-state index in [1.807, 2.05) is 18.2 Å². The summed E-state index contributed by atoms with van der Waals surface area (Å²) in [7, 11) is 1.32. The number of benzene rings is 1. The van der Waals surface area contributed by atoms with Crippen LogP contribution in [0.15, 0.2) is 18.2 Å². The molecule has 1 fully saturated rings. The molecule has 0 radical (unpaired) electrons. The van der Waals surface area contributed by atoms with E-state index in [4.69, 9.17) is 22.1 Å². The molecule has 6 heteroatoms. The summed E-state index contributed by atoms with van der Waals surface area (Å²) < 4.78 is 9.94. The van der Waals surface area contributed by atoms with Gasteiger partial charge in [-0.05, 0) is 24.1 Å². The Kier molecular flexibility index (Phi) is 5.23. The SMILES string of the molecule is COC(=O)C(N)Cc1ccc(N2CCOCC2)cc1Cl. The topological polar surface area (TPSA) is 64.8 Å². The molecule has 1 aliphatic heterocycles. The highest BCUT2D eigenvalue weighted by Crippen LogP contribution is 2.25. The fourth-order valence-corrected chi connectivity index (χ4v) is 2.44. The van der Waals surface area contributed by atoms with Crippen LogP contribution in [0.2, 0.25) is 5.02 Å². The molecule has 0 aromatic heterocycles. The Morgan fingerprint density at radius 1 is 1.50 bits per heavy atom. The maximum atomic E-state index is 11.3. The fraction of sp³-hybridized carbons (Fsp3) is 0.500. The standard InChI is InChI=1S/C14H19ClN2O3/c1-19-14(18)13(16)8-10-2-3-11(9-12(10)15)17-4-6-20-7-5-17/h2-3,9,13H,4-8,16H2,1H3. The van der Waals surface area contributed by atoms with E-state index in [1.165, 1.54) is 7.11 Å². The van der Waals surface area contributed by atoms with Gasteiger partial charge in [-0.1, -0.05) is 17.7 Å². The number of nitrogens with two attached hydrogens (primary N) is 1. The third-order valence-corrected chi connectivity index (χ3v) is 3.71. The molecule has 110 valence electrons. The Labute approximate surface area is 123 Å². The number of morpholine rings is 1. The first-order chi connectivity index (χ1) is 9.61. The summed E-state index contributed by atoms with van der Waals surface area (Å²) >= 11 is 6.27. The first-order valence-electron chi connectivity index (χ1n) is 6.56. The molecule has 0 spiro atoms. The molecule has 1 atom stereocenters. The van der Waals surface area contributed by atoms with E-state index in [0.29, 0.717) is 11.4 Å². The number of carbonyl (C=O) groups is 1. The van der Waals surface area contributed by atoms with Crippen LogP contribution in [-0.4, -0.2) is 45.4 Å². The van der Waals surface area contributed by atoms with Crippen molar-refractivity contribution in [2.45, 2.75) is 12.5 Å². The lowest BCUT2D eigenvalue weighted by Crippen LogP contribution is -2.36. The molecular formula is C14H19ClN2O3. The van der Waals surface area contributed by atoms with E-state index in [0.717, 1.165) is 37.6 Å². The van der Waals surface area contributed by atoms with Gasteiger partial charge in [-0.3, -0.25) is 4.79 Å². The van der Waals surface area contributed by atoms with Crippen LogP contribution < -0.4 is 10.6 Å². The molecule has 0 amide bonds. The van der Waals surface area contributed by atoms with Crippen LogP contribution >= 0.6 is 11.6 Å². The summed E-state index contributed by atoms with van der Waals surface area (Å²) in [5.41, 5.74) is 7.66. The van der Waals surface area contributed by atoms with Gasteiger partial charge in [0.15, 0.2) is 0 Å². The van der Waals surface area contributed by atoms with Crippen molar-refractivity contribution in [3.05, 3.63) is 28.8 Å². The molecule has 1 aromatic carbocycles. The molecule has 2 N–H and O–H groups in total. The summed E-state index contributed by atoms with van der Waals surface area (Å²) in [5, 5.41) is 0.619. The normalized spacial score (nSPS) is 16.9. The maximum absolute atomic E-state index is 11.3. The van der Waals surface area contributed by atoms with Crippen LogP contribution in [0, 0.1) is 0 Å². The van der Waals surface area contributed by atoms with Gasteiger partial charge in [-0.25, -0.2) is 0 Å². The third kappa shape index (κ3) is 3.62. The number of methoxy groups -OCH3 is 1. The largest absolute Gasteiger partial charge is 0.468 e. The van der Waals surface area contributed by atoms with Crippen molar-refractivity contribution in [1.29, 1.82) is 0 Å². The lowest BCUT2D eigenvalue weighted by atomic mass is 10.1. The quantitative estimate of drug-likeness (QED) is 0.847. The molecule has 5 nitrogen and oxygen atoms in total. The molecule has 1 heterocycles. The van der Waals surface area contributed by atoms with E-state index < -0.39 is 12.0 Å². The summed E-state index contributed by atoms with van der Waals surface area (Å²) in [6, 6.07) is 5.13. The average Bonchev–Trinajstić information content (AvgIpc) is 2.49. The second-order valence-corrected chi connectivity index (χ2v) is 5.12. The van der Waals surface area contributed by atoms with Crippen molar-refractivity contribution in [1.82, 2.24) is 0 Å². The molecule has 2 rings (SSSR count). The van der Waals surface area contributed by atoms with Crippen molar-refractivity contribution in [2.24, 2.45) is 5.73 Å². The fourth-order valence-electron chi connectivity index (χ4n) is 2.19. The maximum Gasteiger partial charge on any atom is 0.322 e. The Balaban J connectivity index is 2.07. The Morgan fingerprint density at radius 2 is 2.20 bits per heavy atom. The number of hydrogen-bond acceptors (Lipinski definition) is 5. The number of nitrogens with zero attached hydrogens (tertiary/aromatic N) is 1. The zero-order valence-electron chi connectivity index (χ0n) is 11.5. The molecule has 0 saturated carbocycles. The highest BCUT2D eigenvalue weighted by molar-refractivity contribution is 6.31. The van der Waals surface area contributed by atoms with Gasteiger partial charge in [-0.2, -0.15) is 0 Å². The van der Waals surface area contributed by atoms with E-state index in [2.05, 4.69) is 9.64 Å². The number of carbonyl (C=O) groups excluding carboxylic acids is 1. The molecular weight excluding hydrogens is 280 g/mol. The summed E-state index contributed by atoms with van der Waals surface area (Å²) in [6.07, 6.45) is 0.370. The summed E-state index contributed by atoms with van der Waals surface area (Å²) in [5.74, 6) is -0.432. The predicted octanol–water partition coefficient (Wildman–Crippen LogP) is 1.22. The van der Waals surface area contributed by atoms with Gasteiger partial charge in [0.25, 0.3) is 0 Å².